The molecular formula is C15H15NO. The average Bonchev–Trinajstić information content (AvgIpc) is 2.34. The summed E-state index contributed by atoms with van der Waals surface area (Å²) in [6.07, 6.45) is 0.422. The van der Waals surface area contributed by atoms with Crippen LogP contribution in [0.25, 0.3) is 0 Å². The lowest BCUT2D eigenvalue weighted by Gasteiger charge is -2.07. The van der Waals surface area contributed by atoms with E-state index >= 15 is 0 Å². The predicted octanol–water partition coefficient (Wildman–Crippen LogP) is 3.00. The maximum Gasteiger partial charge on any atom is 0.167 e. The van der Waals surface area contributed by atoms with E-state index in [4.69, 9.17) is 5.73 Å². The van der Waals surface area contributed by atoms with E-state index in [0.717, 1.165) is 11.1 Å². The maximum atomic E-state index is 12.1. The summed E-state index contributed by atoms with van der Waals surface area (Å²) in [6, 6.07) is 15.2. The Morgan fingerprint density at radius 1 is 1.06 bits per heavy atom. The Hall–Kier alpha value is -2.09. The van der Waals surface area contributed by atoms with E-state index in [-0.39, 0.29) is 5.78 Å². The molecule has 2 aromatic carbocycles. The van der Waals surface area contributed by atoms with Gasteiger partial charge in [0.05, 0.1) is 0 Å². The van der Waals surface area contributed by atoms with E-state index in [9.17, 15) is 4.79 Å². The molecule has 0 amide bonds. The molecule has 0 fully saturated rings. The second-order valence-electron chi connectivity index (χ2n) is 4.11. The highest BCUT2D eigenvalue weighted by molar-refractivity contribution is 5.99. The number of hydrogen-bond donors (Lipinski definition) is 1. The molecule has 0 unspecified atom stereocenters. The van der Waals surface area contributed by atoms with Crippen molar-refractivity contribution in [1.82, 2.24) is 0 Å². The number of hydrogen-bond acceptors (Lipinski definition) is 2. The van der Waals surface area contributed by atoms with Crippen molar-refractivity contribution in [3.05, 3.63) is 65.2 Å². The topological polar surface area (TPSA) is 43.1 Å². The lowest BCUT2D eigenvalue weighted by Crippen LogP contribution is -2.07. The minimum absolute atomic E-state index is 0.112. The number of benzene rings is 2. The molecule has 0 aliphatic carbocycles. The van der Waals surface area contributed by atoms with E-state index < -0.39 is 0 Å². The molecule has 0 saturated carbocycles. The zero-order chi connectivity index (χ0) is 12.3. The van der Waals surface area contributed by atoms with Crippen LogP contribution in [0, 0.1) is 6.92 Å². The van der Waals surface area contributed by atoms with Crippen molar-refractivity contribution in [3.8, 4) is 0 Å². The first kappa shape index (κ1) is 11.4. The zero-order valence-corrected chi connectivity index (χ0v) is 9.81. The highest BCUT2D eigenvalue weighted by Gasteiger charge is 2.10. The zero-order valence-electron chi connectivity index (χ0n) is 9.81. The van der Waals surface area contributed by atoms with Crippen molar-refractivity contribution in [2.45, 2.75) is 13.3 Å². The largest absolute Gasteiger partial charge is 0.398 e. The van der Waals surface area contributed by atoms with E-state index in [2.05, 4.69) is 0 Å². The van der Waals surface area contributed by atoms with Gasteiger partial charge in [-0.1, -0.05) is 42.5 Å². The summed E-state index contributed by atoms with van der Waals surface area (Å²) in [7, 11) is 0. The summed E-state index contributed by atoms with van der Waals surface area (Å²) >= 11 is 0. The van der Waals surface area contributed by atoms with E-state index in [1.54, 1.807) is 0 Å². The first-order valence-electron chi connectivity index (χ1n) is 5.60. The van der Waals surface area contributed by atoms with Gasteiger partial charge in [0.15, 0.2) is 5.78 Å². The minimum atomic E-state index is 0.112. The summed E-state index contributed by atoms with van der Waals surface area (Å²) in [5.74, 6) is 0.112. The molecule has 0 aliphatic rings. The molecule has 2 nitrogen and oxygen atoms in total. The second kappa shape index (κ2) is 4.83. The molecule has 0 atom stereocenters. The first-order valence-corrected chi connectivity index (χ1v) is 5.60. The molecule has 86 valence electrons. The van der Waals surface area contributed by atoms with Gasteiger partial charge >= 0.3 is 0 Å². The Balaban J connectivity index is 2.24. The molecule has 0 saturated heterocycles. The van der Waals surface area contributed by atoms with Crippen LogP contribution in [0.2, 0.25) is 0 Å². The van der Waals surface area contributed by atoms with Crippen molar-refractivity contribution in [2.75, 3.05) is 5.73 Å². The van der Waals surface area contributed by atoms with Gasteiger partial charge in [-0.15, -0.1) is 0 Å². The number of anilines is 1. The van der Waals surface area contributed by atoms with Gasteiger partial charge in [-0.25, -0.2) is 0 Å². The average molecular weight is 225 g/mol. The molecule has 0 radical (unpaired) electrons. The summed E-state index contributed by atoms with van der Waals surface area (Å²) in [6.45, 7) is 1.88. The van der Waals surface area contributed by atoms with E-state index in [1.807, 2.05) is 55.5 Å². The molecular weight excluding hydrogens is 210 g/mol. The Morgan fingerprint density at radius 2 is 1.76 bits per heavy atom. The van der Waals surface area contributed by atoms with Gasteiger partial charge in [-0.05, 0) is 24.1 Å². The molecule has 2 heteroatoms. The van der Waals surface area contributed by atoms with Crippen molar-refractivity contribution in [1.29, 1.82) is 0 Å². The van der Waals surface area contributed by atoms with E-state index in [1.165, 1.54) is 0 Å². The first-order chi connectivity index (χ1) is 8.18. The highest BCUT2D eigenvalue weighted by Crippen LogP contribution is 2.17. The standard InChI is InChI=1S/C15H15NO/c1-11-13(8-5-9-14(11)16)15(17)10-12-6-3-2-4-7-12/h2-9H,10,16H2,1H3. The summed E-state index contributed by atoms with van der Waals surface area (Å²) in [4.78, 5) is 12.1. The lowest BCUT2D eigenvalue weighted by atomic mass is 9.98. The Bertz CT molecular complexity index is 532. The molecule has 0 heterocycles. The maximum absolute atomic E-state index is 12.1. The van der Waals surface area contributed by atoms with Crippen molar-refractivity contribution >= 4 is 11.5 Å². The second-order valence-corrected chi connectivity index (χ2v) is 4.11. The van der Waals surface area contributed by atoms with Gasteiger partial charge in [-0.3, -0.25) is 4.79 Å². The Labute approximate surface area is 101 Å². The van der Waals surface area contributed by atoms with Crippen LogP contribution in [0.5, 0.6) is 0 Å². The van der Waals surface area contributed by atoms with Crippen LogP contribution in [0.1, 0.15) is 21.5 Å². The van der Waals surface area contributed by atoms with Crippen LogP contribution >= 0.6 is 0 Å². The lowest BCUT2D eigenvalue weighted by molar-refractivity contribution is 0.0992. The monoisotopic (exact) mass is 225 g/mol. The number of nitrogen functional groups attached to an aromatic ring is 1. The molecule has 0 aliphatic heterocycles. The van der Waals surface area contributed by atoms with Crippen LogP contribution in [-0.4, -0.2) is 5.78 Å². The van der Waals surface area contributed by atoms with Gasteiger partial charge < -0.3 is 5.73 Å². The summed E-state index contributed by atoms with van der Waals surface area (Å²) in [5, 5.41) is 0. The fraction of sp³-hybridized carbons (Fsp3) is 0.133. The van der Waals surface area contributed by atoms with Crippen molar-refractivity contribution < 1.29 is 4.79 Å². The van der Waals surface area contributed by atoms with Gasteiger partial charge in [-0.2, -0.15) is 0 Å². The third-order valence-electron chi connectivity index (χ3n) is 2.88. The summed E-state index contributed by atoms with van der Waals surface area (Å²) < 4.78 is 0. The number of carbonyl (C=O) groups excluding carboxylic acids is 1. The molecule has 2 N–H and O–H groups in total. The fourth-order valence-corrected chi connectivity index (χ4v) is 1.83. The van der Waals surface area contributed by atoms with Crippen molar-refractivity contribution in [2.24, 2.45) is 0 Å². The van der Waals surface area contributed by atoms with Crippen LogP contribution in [0.4, 0.5) is 5.69 Å². The fourth-order valence-electron chi connectivity index (χ4n) is 1.83. The Kier molecular flexibility index (Phi) is 3.24. The molecule has 2 rings (SSSR count). The normalized spacial score (nSPS) is 10.2. The van der Waals surface area contributed by atoms with Crippen molar-refractivity contribution in [3.63, 3.8) is 0 Å². The molecule has 0 bridgehead atoms. The van der Waals surface area contributed by atoms with Crippen LogP contribution < -0.4 is 5.73 Å². The summed E-state index contributed by atoms with van der Waals surface area (Å²) in [5.41, 5.74) is 9.08. The number of carbonyl (C=O) groups is 1. The smallest absolute Gasteiger partial charge is 0.167 e. The van der Waals surface area contributed by atoms with Crippen LogP contribution in [0.3, 0.4) is 0 Å². The minimum Gasteiger partial charge on any atom is -0.398 e. The quantitative estimate of drug-likeness (QED) is 0.644. The molecule has 17 heavy (non-hydrogen) atoms. The van der Waals surface area contributed by atoms with Gasteiger partial charge in [0, 0.05) is 17.7 Å². The van der Waals surface area contributed by atoms with Crippen LogP contribution in [-0.2, 0) is 6.42 Å². The van der Waals surface area contributed by atoms with E-state index in [0.29, 0.717) is 17.7 Å². The molecule has 0 aromatic heterocycles. The molecule has 2 aromatic rings. The van der Waals surface area contributed by atoms with Crippen LogP contribution in [0.15, 0.2) is 48.5 Å². The highest BCUT2D eigenvalue weighted by atomic mass is 16.1. The number of Topliss-reactive ketones (excluding diaryl/α,β-unsaturated/α-hetero) is 1. The predicted molar refractivity (Wildman–Crippen MR) is 70.1 cm³/mol. The third-order valence-corrected chi connectivity index (χ3v) is 2.88. The number of rotatable bonds is 3. The van der Waals surface area contributed by atoms with Gasteiger partial charge in [0.1, 0.15) is 0 Å². The van der Waals surface area contributed by atoms with Gasteiger partial charge in [0.2, 0.25) is 0 Å². The SMILES string of the molecule is Cc1c(N)cccc1C(=O)Cc1ccccc1. The molecule has 0 spiro atoms. The number of nitrogens with two attached hydrogens (primary N) is 1. The number of ketones is 1. The Morgan fingerprint density at radius 3 is 2.47 bits per heavy atom. The van der Waals surface area contributed by atoms with Gasteiger partial charge in [0.25, 0.3) is 0 Å². The third kappa shape index (κ3) is 2.53.